The Kier molecular flexibility index (Phi) is 3.75. The van der Waals surface area contributed by atoms with Crippen LogP contribution in [0.4, 0.5) is 5.69 Å². The van der Waals surface area contributed by atoms with Crippen LogP contribution in [-0.2, 0) is 9.53 Å². The van der Waals surface area contributed by atoms with Crippen LogP contribution in [0.15, 0.2) is 24.3 Å². The van der Waals surface area contributed by atoms with Crippen LogP contribution in [0, 0.1) is 10.1 Å². The molecule has 85 valence electrons. The minimum absolute atomic E-state index is 0.108. The summed E-state index contributed by atoms with van der Waals surface area (Å²) in [5, 5.41) is 10.5. The molecule has 6 nitrogen and oxygen atoms in total. The third-order valence-corrected chi connectivity index (χ3v) is 2.73. The number of nitro groups is 1. The summed E-state index contributed by atoms with van der Waals surface area (Å²) >= 11 is 0. The lowest BCUT2D eigenvalue weighted by Gasteiger charge is -2.22. The number of nitrogens with zero attached hydrogens (tertiary/aromatic N) is 1. The molecule has 0 spiro atoms. The predicted molar refractivity (Wildman–Crippen MR) is 59.1 cm³/mol. The summed E-state index contributed by atoms with van der Waals surface area (Å²) in [5.41, 5.74) is -1.53. The molecule has 0 heterocycles. The molecule has 7 heteroatoms. The number of ether oxygens (including phenoxy) is 2. The van der Waals surface area contributed by atoms with E-state index in [0.717, 1.165) is 0 Å². The van der Waals surface area contributed by atoms with Crippen molar-refractivity contribution < 1.29 is 19.2 Å². The summed E-state index contributed by atoms with van der Waals surface area (Å²) in [7, 11) is 1.58. The van der Waals surface area contributed by atoms with Crippen LogP contribution in [0.2, 0.25) is 0 Å². The Morgan fingerprint density at radius 1 is 1.56 bits per heavy atom. The molecule has 0 N–H and O–H groups in total. The lowest BCUT2D eigenvalue weighted by Crippen LogP contribution is -2.40. The summed E-state index contributed by atoms with van der Waals surface area (Å²) in [6.07, 6.45) is 1.62. The number of rotatable bonds is 5. The maximum Gasteiger partial charge on any atom is 0.273 e. The van der Waals surface area contributed by atoms with Gasteiger partial charge in [0.15, 0.2) is 0 Å². The van der Waals surface area contributed by atoms with Crippen LogP contribution < -0.4 is 4.74 Å². The van der Waals surface area contributed by atoms with Gasteiger partial charge in [0.1, 0.15) is 16.0 Å². The number of carbonyl (C=O) groups excluding carboxylic acids is 1. The highest BCUT2D eigenvalue weighted by atomic mass is 28.1. The second-order valence-electron chi connectivity index (χ2n) is 3.11. The smallest absolute Gasteiger partial charge is 0.273 e. The Hall–Kier alpha value is -1.73. The van der Waals surface area contributed by atoms with Crippen LogP contribution in [0.25, 0.3) is 0 Å². The van der Waals surface area contributed by atoms with Crippen LogP contribution in [0.1, 0.15) is 0 Å². The van der Waals surface area contributed by atoms with E-state index in [4.69, 9.17) is 9.47 Å². The third kappa shape index (κ3) is 2.88. The summed E-state index contributed by atoms with van der Waals surface area (Å²) < 4.78 is 10.0. The van der Waals surface area contributed by atoms with Crippen molar-refractivity contribution in [2.24, 2.45) is 0 Å². The first-order chi connectivity index (χ1) is 7.50. The van der Waals surface area contributed by atoms with E-state index >= 15 is 0 Å². The number of methoxy groups -OCH3 is 1. The zero-order valence-electron chi connectivity index (χ0n) is 8.80. The Labute approximate surface area is 94.7 Å². The molecule has 0 aliphatic rings. The van der Waals surface area contributed by atoms with Crippen LogP contribution in [0.5, 0.6) is 5.75 Å². The standard InChI is InChI=1S/C9H10NO5Si/c1-14-9(16,6-11)15-8-4-2-3-7(5-8)10(12)13/h2-5H,1,16H3. The van der Waals surface area contributed by atoms with E-state index in [-0.39, 0.29) is 21.7 Å². The number of nitro benzene ring substituents is 1. The monoisotopic (exact) mass is 240 g/mol. The number of benzene rings is 1. The molecule has 0 bridgehead atoms. The minimum atomic E-state index is -1.42. The summed E-state index contributed by atoms with van der Waals surface area (Å²) in [4.78, 5) is 20.6. The van der Waals surface area contributed by atoms with Crippen molar-refractivity contribution in [3.05, 3.63) is 34.4 Å². The van der Waals surface area contributed by atoms with E-state index < -0.39 is 10.3 Å². The lowest BCUT2D eigenvalue weighted by atomic mass is 10.3. The van der Waals surface area contributed by atoms with Gasteiger partial charge in [0.2, 0.25) is 5.41 Å². The van der Waals surface area contributed by atoms with Gasteiger partial charge in [-0.25, -0.2) is 0 Å². The number of hydrogen-bond acceptors (Lipinski definition) is 5. The van der Waals surface area contributed by atoms with E-state index in [1.54, 1.807) is 6.29 Å². The van der Waals surface area contributed by atoms with Gasteiger partial charge in [0, 0.05) is 13.2 Å². The second-order valence-corrected chi connectivity index (χ2v) is 4.42. The summed E-state index contributed by atoms with van der Waals surface area (Å²) in [6, 6.07) is 5.54. The summed E-state index contributed by atoms with van der Waals surface area (Å²) in [5.74, 6) is 0.203. The van der Waals surface area contributed by atoms with Gasteiger partial charge in [-0.2, -0.15) is 0 Å². The van der Waals surface area contributed by atoms with E-state index in [0.29, 0.717) is 0 Å². The largest absolute Gasteiger partial charge is 0.459 e. The molecule has 1 radical (unpaired) electrons. The molecule has 16 heavy (non-hydrogen) atoms. The Morgan fingerprint density at radius 3 is 2.75 bits per heavy atom. The molecule has 0 aliphatic carbocycles. The average molecular weight is 240 g/mol. The molecule has 1 atom stereocenters. The molecule has 1 unspecified atom stereocenters. The fourth-order valence-electron chi connectivity index (χ4n) is 0.990. The van der Waals surface area contributed by atoms with E-state index in [9.17, 15) is 14.9 Å². The first kappa shape index (κ1) is 12.3. The van der Waals surface area contributed by atoms with Crippen molar-refractivity contribution >= 4 is 22.2 Å². The lowest BCUT2D eigenvalue weighted by molar-refractivity contribution is -0.385. The first-order valence-corrected chi connectivity index (χ1v) is 5.38. The molecule has 0 amide bonds. The molecule has 0 saturated heterocycles. The molecule has 0 saturated carbocycles. The highest BCUT2D eigenvalue weighted by Gasteiger charge is 2.26. The van der Waals surface area contributed by atoms with Gasteiger partial charge in [-0.1, -0.05) is 6.07 Å². The van der Waals surface area contributed by atoms with Crippen molar-refractivity contribution in [2.75, 3.05) is 7.11 Å². The molecular weight excluding hydrogens is 230 g/mol. The zero-order chi connectivity index (χ0) is 12.2. The minimum Gasteiger partial charge on any atom is -0.459 e. The molecule has 0 aliphatic heterocycles. The maximum atomic E-state index is 10.6. The quantitative estimate of drug-likeness (QED) is 0.307. The Balaban J connectivity index is 2.93. The van der Waals surface area contributed by atoms with E-state index in [1.807, 2.05) is 0 Å². The Morgan fingerprint density at radius 2 is 2.25 bits per heavy atom. The summed E-state index contributed by atoms with van der Waals surface area (Å²) in [6.45, 7) is 0. The van der Waals surface area contributed by atoms with Gasteiger partial charge >= 0.3 is 0 Å². The predicted octanol–water partition coefficient (Wildman–Crippen LogP) is -0.251. The molecule has 1 rings (SSSR count). The molecular formula is C9H10NO5Si. The van der Waals surface area contributed by atoms with Crippen molar-refractivity contribution in [2.45, 2.75) is 5.41 Å². The molecule has 1 aromatic carbocycles. The van der Waals surface area contributed by atoms with Gasteiger partial charge < -0.3 is 9.47 Å². The van der Waals surface area contributed by atoms with Crippen LogP contribution in [-0.4, -0.2) is 34.0 Å². The topological polar surface area (TPSA) is 78.7 Å². The van der Waals surface area contributed by atoms with E-state index in [2.05, 4.69) is 0 Å². The number of hydrogen-bond donors (Lipinski definition) is 0. The normalized spacial score (nSPS) is 14.1. The van der Waals surface area contributed by atoms with Crippen molar-refractivity contribution in [3.63, 3.8) is 0 Å². The van der Waals surface area contributed by atoms with Gasteiger partial charge in [0.05, 0.1) is 11.0 Å². The molecule has 1 aromatic rings. The highest BCUT2D eigenvalue weighted by molar-refractivity contribution is 6.22. The Bertz CT molecular complexity index is 411. The number of non-ortho nitro benzene ring substituents is 1. The van der Waals surface area contributed by atoms with Gasteiger partial charge in [-0.15, -0.1) is 0 Å². The van der Waals surface area contributed by atoms with Gasteiger partial charge in [-0.3, -0.25) is 14.9 Å². The first-order valence-electron chi connectivity index (χ1n) is 4.38. The SMILES string of the molecule is COC([SiH3])([C]=O)Oc1cccc([N+](=O)[O-])c1. The van der Waals surface area contributed by atoms with Crippen molar-refractivity contribution in [1.29, 1.82) is 0 Å². The van der Waals surface area contributed by atoms with Crippen LogP contribution in [0.3, 0.4) is 0 Å². The molecule has 0 fully saturated rings. The van der Waals surface area contributed by atoms with Gasteiger partial charge in [0.25, 0.3) is 12.0 Å². The van der Waals surface area contributed by atoms with Crippen LogP contribution >= 0.6 is 0 Å². The van der Waals surface area contributed by atoms with Crippen molar-refractivity contribution in [3.8, 4) is 5.75 Å². The second kappa shape index (κ2) is 4.86. The van der Waals surface area contributed by atoms with E-state index in [1.165, 1.54) is 31.4 Å². The third-order valence-electron chi connectivity index (χ3n) is 1.92. The fraction of sp³-hybridized carbons (Fsp3) is 0.222. The zero-order valence-corrected chi connectivity index (χ0v) is 10.8. The van der Waals surface area contributed by atoms with Crippen molar-refractivity contribution in [1.82, 2.24) is 0 Å². The average Bonchev–Trinajstić information content (AvgIpc) is 2.29. The maximum absolute atomic E-state index is 10.6. The highest BCUT2D eigenvalue weighted by Crippen LogP contribution is 2.21. The molecule has 0 aromatic heterocycles. The fourth-order valence-corrected chi connectivity index (χ4v) is 1.23. The van der Waals surface area contributed by atoms with Gasteiger partial charge in [-0.05, 0) is 6.07 Å².